The van der Waals surface area contributed by atoms with Crippen molar-refractivity contribution in [2.75, 3.05) is 19.9 Å². The van der Waals surface area contributed by atoms with Crippen LogP contribution in [0, 0.1) is 5.92 Å². The van der Waals surface area contributed by atoms with E-state index in [4.69, 9.17) is 4.74 Å². The van der Waals surface area contributed by atoms with Crippen LogP contribution in [0.25, 0.3) is 0 Å². The molecule has 0 N–H and O–H groups in total. The number of hydrogen-bond acceptors (Lipinski definition) is 2. The van der Waals surface area contributed by atoms with E-state index in [0.29, 0.717) is 0 Å². The number of ether oxygens (including phenoxy) is 1. The van der Waals surface area contributed by atoms with Crippen molar-refractivity contribution < 1.29 is 4.74 Å². The van der Waals surface area contributed by atoms with Gasteiger partial charge in [0.2, 0.25) is 0 Å². The Bertz CT molecular complexity index is 160. The first-order valence-corrected chi connectivity index (χ1v) is 5.72. The maximum atomic E-state index is 5.58. The molecule has 2 atom stereocenters. The summed E-state index contributed by atoms with van der Waals surface area (Å²) >= 11 is 0. The molecule has 0 aromatic rings. The van der Waals surface area contributed by atoms with Crippen LogP contribution in [-0.2, 0) is 4.74 Å². The molecule has 2 aliphatic heterocycles. The fourth-order valence-electron chi connectivity index (χ4n) is 2.60. The minimum absolute atomic E-state index is 0.838. The number of nitrogens with zero attached hydrogens (tertiary/aromatic N) is 1. The molecular weight excluding hydrogens is 162 g/mol. The smallest absolute Gasteiger partial charge is 0.0992 e. The van der Waals surface area contributed by atoms with E-state index in [2.05, 4.69) is 11.8 Å². The van der Waals surface area contributed by atoms with Crippen LogP contribution in [0.1, 0.15) is 39.0 Å². The third-order valence-electron chi connectivity index (χ3n) is 3.58. The minimum Gasteiger partial charge on any atom is -0.366 e. The second kappa shape index (κ2) is 4.43. The Hall–Kier alpha value is -0.0800. The van der Waals surface area contributed by atoms with Gasteiger partial charge in [-0.05, 0) is 31.6 Å². The molecule has 0 amide bonds. The van der Waals surface area contributed by atoms with Crippen LogP contribution in [0.3, 0.4) is 0 Å². The highest BCUT2D eigenvalue weighted by atomic mass is 16.5. The monoisotopic (exact) mass is 183 g/mol. The Morgan fingerprint density at radius 3 is 3.08 bits per heavy atom. The normalized spacial score (nSPS) is 36.7. The molecule has 2 heterocycles. The molecule has 2 fully saturated rings. The third-order valence-corrected chi connectivity index (χ3v) is 3.58. The summed E-state index contributed by atoms with van der Waals surface area (Å²) in [7, 11) is 0. The molecule has 2 rings (SSSR count). The zero-order valence-electron chi connectivity index (χ0n) is 8.67. The number of piperidine rings is 1. The largest absolute Gasteiger partial charge is 0.366 e. The summed E-state index contributed by atoms with van der Waals surface area (Å²) in [6.07, 6.45) is 6.80. The van der Waals surface area contributed by atoms with Gasteiger partial charge in [-0.2, -0.15) is 0 Å². The van der Waals surface area contributed by atoms with Gasteiger partial charge < -0.3 is 4.74 Å². The topological polar surface area (TPSA) is 12.5 Å². The van der Waals surface area contributed by atoms with Gasteiger partial charge in [0, 0.05) is 19.2 Å². The van der Waals surface area contributed by atoms with Crippen LogP contribution >= 0.6 is 0 Å². The van der Waals surface area contributed by atoms with Crippen LogP contribution < -0.4 is 0 Å². The highest BCUT2D eigenvalue weighted by molar-refractivity contribution is 4.80. The molecule has 2 aliphatic rings. The van der Waals surface area contributed by atoms with Crippen molar-refractivity contribution in [2.45, 2.75) is 45.1 Å². The molecule has 0 saturated carbocycles. The summed E-state index contributed by atoms with van der Waals surface area (Å²) in [5.41, 5.74) is 0. The first-order valence-electron chi connectivity index (χ1n) is 5.72. The van der Waals surface area contributed by atoms with Crippen molar-refractivity contribution in [1.82, 2.24) is 4.90 Å². The lowest BCUT2D eigenvalue weighted by Crippen LogP contribution is -2.43. The fourth-order valence-corrected chi connectivity index (χ4v) is 2.60. The van der Waals surface area contributed by atoms with Crippen molar-refractivity contribution in [2.24, 2.45) is 5.92 Å². The SMILES string of the molecule is CC[C@H]1CC[C@@H]2CCCOCN2C1. The van der Waals surface area contributed by atoms with Gasteiger partial charge in [-0.3, -0.25) is 4.90 Å². The van der Waals surface area contributed by atoms with E-state index in [-0.39, 0.29) is 0 Å². The van der Waals surface area contributed by atoms with Gasteiger partial charge in [0.25, 0.3) is 0 Å². The second-order valence-corrected chi connectivity index (χ2v) is 4.46. The Labute approximate surface area is 81.3 Å². The molecule has 0 aromatic heterocycles. The summed E-state index contributed by atoms with van der Waals surface area (Å²) in [5.74, 6) is 0.929. The highest BCUT2D eigenvalue weighted by Gasteiger charge is 2.28. The van der Waals surface area contributed by atoms with E-state index < -0.39 is 0 Å². The van der Waals surface area contributed by atoms with Gasteiger partial charge in [0.15, 0.2) is 0 Å². The van der Waals surface area contributed by atoms with E-state index >= 15 is 0 Å². The number of rotatable bonds is 1. The first-order chi connectivity index (χ1) is 6.40. The predicted octanol–water partition coefficient (Wildman–Crippen LogP) is 2.24. The van der Waals surface area contributed by atoms with Gasteiger partial charge in [0.1, 0.15) is 0 Å². The van der Waals surface area contributed by atoms with Gasteiger partial charge in [-0.1, -0.05) is 13.3 Å². The average molecular weight is 183 g/mol. The van der Waals surface area contributed by atoms with Crippen molar-refractivity contribution in [1.29, 1.82) is 0 Å². The van der Waals surface area contributed by atoms with E-state index in [1.54, 1.807) is 0 Å². The molecule has 76 valence electrons. The lowest BCUT2D eigenvalue weighted by atomic mass is 9.90. The Morgan fingerprint density at radius 1 is 1.31 bits per heavy atom. The van der Waals surface area contributed by atoms with Crippen molar-refractivity contribution >= 4 is 0 Å². The molecule has 0 bridgehead atoms. The minimum atomic E-state index is 0.838. The van der Waals surface area contributed by atoms with E-state index in [1.165, 1.54) is 38.6 Å². The summed E-state index contributed by atoms with van der Waals surface area (Å²) < 4.78 is 5.58. The molecular formula is C11H21NO. The molecule has 2 nitrogen and oxygen atoms in total. The molecule has 0 radical (unpaired) electrons. The molecule has 0 aromatic carbocycles. The molecule has 2 saturated heterocycles. The Kier molecular flexibility index (Phi) is 3.23. The van der Waals surface area contributed by atoms with Crippen molar-refractivity contribution in [3.63, 3.8) is 0 Å². The maximum absolute atomic E-state index is 5.58. The van der Waals surface area contributed by atoms with Gasteiger partial charge in [0.05, 0.1) is 6.73 Å². The van der Waals surface area contributed by atoms with Gasteiger partial charge in [-0.25, -0.2) is 0 Å². The summed E-state index contributed by atoms with van der Waals surface area (Å²) in [6.45, 7) is 5.45. The molecule has 13 heavy (non-hydrogen) atoms. The highest BCUT2D eigenvalue weighted by Crippen LogP contribution is 2.27. The quantitative estimate of drug-likeness (QED) is 0.618. The Morgan fingerprint density at radius 2 is 2.23 bits per heavy atom. The maximum Gasteiger partial charge on any atom is 0.0992 e. The lowest BCUT2D eigenvalue weighted by Gasteiger charge is -2.37. The Balaban J connectivity index is 1.91. The lowest BCUT2D eigenvalue weighted by molar-refractivity contribution is -0.000353. The van der Waals surface area contributed by atoms with Crippen LogP contribution in [0.5, 0.6) is 0 Å². The number of fused-ring (bicyclic) bond motifs is 1. The van der Waals surface area contributed by atoms with Gasteiger partial charge in [-0.15, -0.1) is 0 Å². The van der Waals surface area contributed by atoms with E-state index in [9.17, 15) is 0 Å². The molecule has 0 unspecified atom stereocenters. The van der Waals surface area contributed by atoms with Crippen LogP contribution in [-0.4, -0.2) is 30.8 Å². The summed E-state index contributed by atoms with van der Waals surface area (Å²) in [6, 6.07) is 0.838. The molecule has 0 aliphatic carbocycles. The summed E-state index contributed by atoms with van der Waals surface area (Å²) in [4.78, 5) is 2.56. The van der Waals surface area contributed by atoms with Crippen molar-refractivity contribution in [3.8, 4) is 0 Å². The number of hydrogen-bond donors (Lipinski definition) is 0. The van der Waals surface area contributed by atoms with Crippen molar-refractivity contribution in [3.05, 3.63) is 0 Å². The standard InChI is InChI=1S/C11H21NO/c1-2-10-5-6-11-4-3-7-13-9-12(11)8-10/h10-11H,2-9H2,1H3/t10-,11-/m0/s1. The zero-order valence-corrected chi connectivity index (χ0v) is 8.67. The summed E-state index contributed by atoms with van der Waals surface area (Å²) in [5, 5.41) is 0. The molecule has 0 spiro atoms. The van der Waals surface area contributed by atoms with E-state index in [0.717, 1.165) is 25.3 Å². The molecule has 2 heteroatoms. The average Bonchev–Trinajstić information content (AvgIpc) is 2.41. The van der Waals surface area contributed by atoms with Crippen LogP contribution in [0.2, 0.25) is 0 Å². The van der Waals surface area contributed by atoms with Crippen LogP contribution in [0.15, 0.2) is 0 Å². The zero-order chi connectivity index (χ0) is 9.10. The predicted molar refractivity (Wildman–Crippen MR) is 53.6 cm³/mol. The third kappa shape index (κ3) is 2.23. The van der Waals surface area contributed by atoms with Crippen LogP contribution in [0.4, 0.5) is 0 Å². The van der Waals surface area contributed by atoms with E-state index in [1.807, 2.05) is 0 Å². The fraction of sp³-hybridized carbons (Fsp3) is 1.00. The first kappa shape index (κ1) is 9.47. The van der Waals surface area contributed by atoms with Gasteiger partial charge >= 0.3 is 0 Å². The second-order valence-electron chi connectivity index (χ2n) is 4.46.